The van der Waals surface area contributed by atoms with Gasteiger partial charge in [0.2, 0.25) is 5.91 Å². The summed E-state index contributed by atoms with van der Waals surface area (Å²) in [6.07, 6.45) is 0.482. The molecule has 0 aliphatic carbocycles. The zero-order valence-electron chi connectivity index (χ0n) is 8.28. The lowest BCUT2D eigenvalue weighted by atomic mass is 10.2. The van der Waals surface area contributed by atoms with E-state index in [1.807, 2.05) is 6.07 Å². The fourth-order valence-corrected chi connectivity index (χ4v) is 2.54. The van der Waals surface area contributed by atoms with Gasteiger partial charge >= 0.3 is 0 Å². The molecule has 2 rings (SSSR count). The van der Waals surface area contributed by atoms with Crippen molar-refractivity contribution in [2.75, 3.05) is 11.4 Å². The third kappa shape index (κ3) is 2.06. The molecule has 1 fully saturated rings. The van der Waals surface area contributed by atoms with Crippen molar-refractivity contribution in [3.63, 3.8) is 0 Å². The number of hydrogen-bond donors (Lipinski definition) is 0. The normalized spacial score (nSPS) is 19.9. The lowest BCUT2D eigenvalue weighted by Crippen LogP contribution is -2.24. The Balaban J connectivity index is 2.35. The van der Waals surface area contributed by atoms with Gasteiger partial charge in [0, 0.05) is 17.8 Å². The van der Waals surface area contributed by atoms with Crippen LogP contribution in [-0.4, -0.2) is 17.3 Å². The topological polar surface area (TPSA) is 44.1 Å². The number of anilines is 1. The van der Waals surface area contributed by atoms with Crippen molar-refractivity contribution in [2.45, 2.75) is 11.2 Å². The first-order valence-electron chi connectivity index (χ1n) is 4.76. The van der Waals surface area contributed by atoms with E-state index >= 15 is 0 Å². The summed E-state index contributed by atoms with van der Waals surface area (Å²) in [5.41, 5.74) is 1.17. The summed E-state index contributed by atoms with van der Waals surface area (Å²) in [5.74, 6) is 0.0495. The van der Waals surface area contributed by atoms with Crippen molar-refractivity contribution in [3.8, 4) is 6.07 Å². The lowest BCUT2D eigenvalue weighted by Gasteiger charge is -2.17. The Morgan fingerprint density at radius 2 is 2.31 bits per heavy atom. The first-order valence-corrected chi connectivity index (χ1v) is 6.05. The molecule has 3 nitrogen and oxygen atoms in total. The van der Waals surface area contributed by atoms with Crippen LogP contribution in [0.5, 0.6) is 0 Å². The molecule has 0 radical (unpaired) electrons. The van der Waals surface area contributed by atoms with Crippen molar-refractivity contribution in [2.24, 2.45) is 0 Å². The summed E-state index contributed by atoms with van der Waals surface area (Å²) in [7, 11) is 0. The van der Waals surface area contributed by atoms with Crippen LogP contribution in [0.1, 0.15) is 12.0 Å². The van der Waals surface area contributed by atoms with Crippen LogP contribution in [0.4, 0.5) is 5.69 Å². The fourth-order valence-electron chi connectivity index (χ4n) is 1.69. The summed E-state index contributed by atoms with van der Waals surface area (Å²) >= 11 is 9.45. The van der Waals surface area contributed by atoms with Crippen molar-refractivity contribution < 1.29 is 4.79 Å². The van der Waals surface area contributed by atoms with Gasteiger partial charge in [0.25, 0.3) is 0 Å². The van der Waals surface area contributed by atoms with Gasteiger partial charge < -0.3 is 4.90 Å². The van der Waals surface area contributed by atoms with E-state index in [1.54, 1.807) is 23.1 Å². The molecule has 1 atom stereocenters. The average molecular weight is 300 g/mol. The maximum absolute atomic E-state index is 11.7. The van der Waals surface area contributed by atoms with Crippen LogP contribution in [0.3, 0.4) is 0 Å². The summed E-state index contributed by atoms with van der Waals surface area (Å²) in [5, 5.41) is 9.15. The molecule has 0 aromatic heterocycles. The van der Waals surface area contributed by atoms with Gasteiger partial charge in [0.15, 0.2) is 0 Å². The smallest absolute Gasteiger partial charge is 0.228 e. The number of alkyl halides is 1. The van der Waals surface area contributed by atoms with E-state index in [0.29, 0.717) is 29.2 Å². The Morgan fingerprint density at radius 1 is 1.56 bits per heavy atom. The molecule has 1 aliphatic heterocycles. The molecule has 1 saturated heterocycles. The van der Waals surface area contributed by atoms with Gasteiger partial charge in [-0.25, -0.2) is 0 Å². The van der Waals surface area contributed by atoms with E-state index in [9.17, 15) is 4.79 Å². The quantitative estimate of drug-likeness (QED) is 0.748. The molecule has 1 unspecified atom stereocenters. The molecule has 1 aromatic carbocycles. The number of halogens is 2. The number of benzene rings is 1. The van der Waals surface area contributed by atoms with Gasteiger partial charge in [-0.1, -0.05) is 27.5 Å². The number of nitrogens with zero attached hydrogens (tertiary/aromatic N) is 2. The predicted molar refractivity (Wildman–Crippen MR) is 65.9 cm³/mol. The summed E-state index contributed by atoms with van der Waals surface area (Å²) in [4.78, 5) is 13.5. The second-order valence-corrected chi connectivity index (χ2v) is 5.29. The van der Waals surface area contributed by atoms with E-state index in [1.165, 1.54) is 0 Å². The molecule has 1 aromatic rings. The number of carbonyl (C=O) groups excluding carboxylic acids is 1. The predicted octanol–water partition coefficient (Wildman–Crippen LogP) is 2.71. The van der Waals surface area contributed by atoms with Crippen molar-refractivity contribution in [1.82, 2.24) is 0 Å². The fraction of sp³-hybridized carbons (Fsp3) is 0.273. The van der Waals surface area contributed by atoms with Crippen LogP contribution < -0.4 is 4.90 Å². The van der Waals surface area contributed by atoms with Crippen LogP contribution in [0.25, 0.3) is 0 Å². The monoisotopic (exact) mass is 298 g/mol. The second-order valence-electron chi connectivity index (χ2n) is 3.58. The van der Waals surface area contributed by atoms with Gasteiger partial charge in [-0.3, -0.25) is 4.79 Å². The van der Waals surface area contributed by atoms with E-state index in [2.05, 4.69) is 15.9 Å². The van der Waals surface area contributed by atoms with Gasteiger partial charge in [0.1, 0.15) is 0 Å². The van der Waals surface area contributed by atoms with Crippen LogP contribution in [0.2, 0.25) is 5.02 Å². The molecule has 1 heterocycles. The van der Waals surface area contributed by atoms with Crippen molar-refractivity contribution >= 4 is 39.1 Å². The average Bonchev–Trinajstić information content (AvgIpc) is 2.57. The van der Waals surface area contributed by atoms with Crippen molar-refractivity contribution in [1.29, 1.82) is 5.26 Å². The number of rotatable bonds is 1. The minimum absolute atomic E-state index is 0.0495. The maximum Gasteiger partial charge on any atom is 0.228 e. The van der Waals surface area contributed by atoms with Gasteiger partial charge in [0.05, 0.1) is 22.3 Å². The zero-order chi connectivity index (χ0) is 11.7. The molecular weight excluding hydrogens is 291 g/mol. The molecule has 0 N–H and O–H groups in total. The minimum Gasteiger partial charge on any atom is -0.310 e. The third-order valence-electron chi connectivity index (χ3n) is 2.45. The van der Waals surface area contributed by atoms with Crippen LogP contribution in [-0.2, 0) is 4.79 Å². The van der Waals surface area contributed by atoms with E-state index in [0.717, 1.165) is 0 Å². The van der Waals surface area contributed by atoms with Crippen LogP contribution in [0.15, 0.2) is 18.2 Å². The molecule has 82 valence electrons. The highest BCUT2D eigenvalue weighted by Gasteiger charge is 2.29. The molecular formula is C11H8BrClN2O. The highest BCUT2D eigenvalue weighted by Crippen LogP contribution is 2.31. The molecule has 0 spiro atoms. The number of amides is 1. The molecule has 0 saturated carbocycles. The van der Waals surface area contributed by atoms with Gasteiger partial charge in [-0.15, -0.1) is 0 Å². The molecule has 0 bridgehead atoms. The standard InChI is InChI=1S/C11H8BrClN2O/c12-8-4-11(16)15(6-8)10-2-1-7(5-14)3-9(10)13/h1-3,8H,4,6H2. The molecule has 5 heteroatoms. The van der Waals surface area contributed by atoms with E-state index in [4.69, 9.17) is 16.9 Å². The van der Waals surface area contributed by atoms with E-state index < -0.39 is 0 Å². The SMILES string of the molecule is N#Cc1ccc(N2CC(Br)CC2=O)c(Cl)c1. The second kappa shape index (κ2) is 4.44. The number of carbonyl (C=O) groups is 1. The first-order chi connectivity index (χ1) is 7.61. The maximum atomic E-state index is 11.7. The largest absolute Gasteiger partial charge is 0.310 e. The Kier molecular flexibility index (Phi) is 3.17. The van der Waals surface area contributed by atoms with Gasteiger partial charge in [-0.05, 0) is 18.2 Å². The molecule has 1 aliphatic rings. The minimum atomic E-state index is 0.0495. The molecule has 1 amide bonds. The van der Waals surface area contributed by atoms with Gasteiger partial charge in [-0.2, -0.15) is 5.26 Å². The highest BCUT2D eigenvalue weighted by atomic mass is 79.9. The van der Waals surface area contributed by atoms with Crippen LogP contribution >= 0.6 is 27.5 Å². The summed E-state index contributed by atoms with van der Waals surface area (Å²) in [6, 6.07) is 6.96. The molecule has 16 heavy (non-hydrogen) atoms. The Labute approximate surface area is 107 Å². The third-order valence-corrected chi connectivity index (χ3v) is 3.36. The number of nitriles is 1. The highest BCUT2D eigenvalue weighted by molar-refractivity contribution is 9.09. The zero-order valence-corrected chi connectivity index (χ0v) is 10.6. The van der Waals surface area contributed by atoms with Crippen molar-refractivity contribution in [3.05, 3.63) is 28.8 Å². The van der Waals surface area contributed by atoms with Crippen LogP contribution in [0, 0.1) is 11.3 Å². The lowest BCUT2D eigenvalue weighted by molar-refractivity contribution is -0.117. The summed E-state index contributed by atoms with van der Waals surface area (Å²) < 4.78 is 0. The Bertz CT molecular complexity index is 483. The van der Waals surface area contributed by atoms with E-state index in [-0.39, 0.29) is 10.7 Å². The summed E-state index contributed by atoms with van der Waals surface area (Å²) in [6.45, 7) is 0.616. The number of hydrogen-bond acceptors (Lipinski definition) is 2. The Hall–Kier alpha value is -1.05. The first kappa shape index (κ1) is 11.4. The Morgan fingerprint density at radius 3 is 2.81 bits per heavy atom.